The number of hydrogen-bond acceptors (Lipinski definition) is 0. The van der Waals surface area contributed by atoms with Crippen molar-refractivity contribution in [1.29, 1.82) is 0 Å². The maximum Gasteiger partial charge on any atom is 0.100 e. The first-order valence-corrected chi connectivity index (χ1v) is 14.5. The van der Waals surface area contributed by atoms with Gasteiger partial charge >= 0.3 is 0 Å². The minimum absolute atomic E-state index is 0.508. The molecule has 32 heavy (non-hydrogen) atoms. The topological polar surface area (TPSA) is 0 Å². The summed E-state index contributed by atoms with van der Waals surface area (Å²) in [6, 6.07) is 0. The first-order valence-electron chi connectivity index (χ1n) is 13.9. The minimum Gasteiger partial charge on any atom is -0.247 e. The van der Waals surface area contributed by atoms with Crippen LogP contribution in [0.3, 0.4) is 0 Å². The monoisotopic (exact) mass is 478 g/mol. The third kappa shape index (κ3) is 20.5. The van der Waals surface area contributed by atoms with E-state index in [0.717, 1.165) is 31.6 Å². The number of alkyl halides is 3. The van der Waals surface area contributed by atoms with Gasteiger partial charge in [0, 0.05) is 5.88 Å². The van der Waals surface area contributed by atoms with Crippen LogP contribution in [0.1, 0.15) is 144 Å². The SMILES string of the molecule is C=C(C1CCC(F)CC1)C1CCC(F)CC1.CCC.CCCCCCC.CCCCCCl. The van der Waals surface area contributed by atoms with Crippen molar-refractivity contribution in [3.8, 4) is 0 Å². The van der Waals surface area contributed by atoms with Gasteiger partial charge in [-0.25, -0.2) is 8.78 Å². The maximum atomic E-state index is 13.0. The summed E-state index contributed by atoms with van der Waals surface area (Å²) in [5.74, 6) is 1.84. The van der Waals surface area contributed by atoms with Crippen molar-refractivity contribution in [2.24, 2.45) is 11.8 Å². The quantitative estimate of drug-likeness (QED) is 0.175. The third-order valence-corrected chi connectivity index (χ3v) is 6.57. The van der Waals surface area contributed by atoms with Crippen molar-refractivity contribution >= 4 is 11.6 Å². The molecule has 0 aromatic carbocycles. The van der Waals surface area contributed by atoms with E-state index >= 15 is 0 Å². The average molecular weight is 479 g/mol. The van der Waals surface area contributed by atoms with Gasteiger partial charge in [-0.3, -0.25) is 0 Å². The molecule has 0 aliphatic heterocycles. The lowest BCUT2D eigenvalue weighted by Gasteiger charge is -2.33. The number of halogens is 3. The van der Waals surface area contributed by atoms with Gasteiger partial charge in [0.1, 0.15) is 12.3 Å². The van der Waals surface area contributed by atoms with Crippen LogP contribution >= 0.6 is 11.6 Å². The second-order valence-electron chi connectivity index (χ2n) is 9.64. The Labute approximate surface area is 206 Å². The molecule has 0 aromatic rings. The molecule has 0 bridgehead atoms. The molecule has 2 saturated carbocycles. The molecule has 0 atom stereocenters. The van der Waals surface area contributed by atoms with Gasteiger partial charge in [0.05, 0.1) is 0 Å². The summed E-state index contributed by atoms with van der Waals surface area (Å²) in [5.41, 5.74) is 1.29. The van der Waals surface area contributed by atoms with Crippen LogP contribution < -0.4 is 0 Å². The first kappa shape index (κ1) is 34.1. The number of allylic oxidation sites excluding steroid dienone is 1. The zero-order valence-corrected chi connectivity index (χ0v) is 23.1. The molecule has 0 saturated heterocycles. The van der Waals surface area contributed by atoms with Gasteiger partial charge in [-0.2, -0.15) is 0 Å². The van der Waals surface area contributed by atoms with Crippen LogP contribution in [-0.2, 0) is 0 Å². The van der Waals surface area contributed by atoms with E-state index in [-0.39, 0.29) is 0 Å². The predicted octanol–water partition coefficient (Wildman–Crippen LogP) is 11.4. The van der Waals surface area contributed by atoms with Crippen LogP contribution in [0, 0.1) is 11.8 Å². The van der Waals surface area contributed by atoms with Gasteiger partial charge in [-0.15, -0.1) is 11.6 Å². The minimum atomic E-state index is -0.592. The summed E-state index contributed by atoms with van der Waals surface area (Å²) < 4.78 is 26.1. The molecular formula is C29H57ClF2. The molecule has 0 nitrogen and oxygen atoms in total. The highest BCUT2D eigenvalue weighted by atomic mass is 35.5. The smallest absolute Gasteiger partial charge is 0.100 e. The second kappa shape index (κ2) is 25.5. The molecule has 2 aliphatic rings. The Kier molecular flexibility index (Phi) is 27.2. The summed E-state index contributed by atoms with van der Waals surface area (Å²) in [7, 11) is 0. The Morgan fingerprint density at radius 3 is 1.19 bits per heavy atom. The number of hydrogen-bond donors (Lipinski definition) is 0. The number of rotatable bonds is 9. The molecule has 194 valence electrons. The summed E-state index contributed by atoms with van der Waals surface area (Å²) in [4.78, 5) is 0. The lowest BCUT2D eigenvalue weighted by molar-refractivity contribution is 0.192. The first-order chi connectivity index (χ1) is 15.4. The maximum absolute atomic E-state index is 13.0. The van der Waals surface area contributed by atoms with E-state index in [1.165, 1.54) is 63.4 Å². The fourth-order valence-corrected chi connectivity index (χ4v) is 4.39. The molecule has 2 fully saturated rings. The van der Waals surface area contributed by atoms with Gasteiger partial charge < -0.3 is 0 Å². The molecule has 0 aromatic heterocycles. The normalized spacial score (nSPS) is 24.6. The molecule has 3 heteroatoms. The molecule has 0 unspecified atom stereocenters. The van der Waals surface area contributed by atoms with Gasteiger partial charge in [0.15, 0.2) is 0 Å². The van der Waals surface area contributed by atoms with E-state index in [9.17, 15) is 8.78 Å². The van der Waals surface area contributed by atoms with Crippen LogP contribution in [-0.4, -0.2) is 18.2 Å². The number of unbranched alkanes of at least 4 members (excludes halogenated alkanes) is 6. The molecule has 0 N–H and O–H groups in total. The Bertz CT molecular complexity index is 337. The molecule has 0 spiro atoms. The van der Waals surface area contributed by atoms with Gasteiger partial charge in [0.2, 0.25) is 0 Å². The fraction of sp³-hybridized carbons (Fsp3) is 0.931. The van der Waals surface area contributed by atoms with E-state index in [1.807, 2.05) is 0 Å². The summed E-state index contributed by atoms with van der Waals surface area (Å²) in [6.45, 7) is 15.1. The van der Waals surface area contributed by atoms with Crippen LogP contribution in [0.5, 0.6) is 0 Å². The zero-order chi connectivity index (χ0) is 24.6. The predicted molar refractivity (Wildman–Crippen MR) is 143 cm³/mol. The van der Waals surface area contributed by atoms with Gasteiger partial charge in [0.25, 0.3) is 0 Å². The Morgan fingerprint density at radius 1 is 0.625 bits per heavy atom. The van der Waals surface area contributed by atoms with E-state index in [0.29, 0.717) is 37.5 Å². The zero-order valence-electron chi connectivity index (χ0n) is 22.4. The summed E-state index contributed by atoms with van der Waals surface area (Å²) in [5, 5.41) is 0. The largest absolute Gasteiger partial charge is 0.247 e. The van der Waals surface area contributed by atoms with Crippen LogP contribution in [0.2, 0.25) is 0 Å². The Hall–Kier alpha value is -0.110. The molecular weight excluding hydrogens is 422 g/mol. The van der Waals surface area contributed by atoms with Gasteiger partial charge in [-0.05, 0) is 69.6 Å². The Balaban J connectivity index is 0. The van der Waals surface area contributed by atoms with Crippen molar-refractivity contribution in [3.05, 3.63) is 12.2 Å². The van der Waals surface area contributed by atoms with Crippen molar-refractivity contribution in [2.45, 2.75) is 156 Å². The lowest BCUT2D eigenvalue weighted by atomic mass is 9.74. The molecule has 0 heterocycles. The summed E-state index contributed by atoms with van der Waals surface area (Å²) in [6.07, 6.45) is 17.4. The highest BCUT2D eigenvalue weighted by Crippen LogP contribution is 2.39. The van der Waals surface area contributed by atoms with Crippen LogP contribution in [0.4, 0.5) is 8.78 Å². The molecule has 2 aliphatic carbocycles. The highest BCUT2D eigenvalue weighted by molar-refractivity contribution is 6.17. The van der Waals surface area contributed by atoms with Gasteiger partial charge in [-0.1, -0.05) is 98.1 Å². The Morgan fingerprint density at radius 2 is 0.938 bits per heavy atom. The van der Waals surface area contributed by atoms with E-state index in [1.54, 1.807) is 0 Å². The van der Waals surface area contributed by atoms with E-state index < -0.39 is 12.3 Å². The van der Waals surface area contributed by atoms with Crippen molar-refractivity contribution in [3.63, 3.8) is 0 Å². The highest BCUT2D eigenvalue weighted by Gasteiger charge is 2.29. The molecule has 0 amide bonds. The van der Waals surface area contributed by atoms with E-state index in [4.69, 9.17) is 11.6 Å². The van der Waals surface area contributed by atoms with Crippen molar-refractivity contribution in [2.75, 3.05) is 5.88 Å². The molecule has 0 radical (unpaired) electrons. The summed E-state index contributed by atoms with van der Waals surface area (Å²) >= 11 is 5.38. The van der Waals surface area contributed by atoms with Crippen LogP contribution in [0.15, 0.2) is 12.2 Å². The third-order valence-electron chi connectivity index (χ3n) is 6.31. The fourth-order valence-electron chi connectivity index (χ4n) is 4.20. The molecule has 2 rings (SSSR count). The lowest BCUT2D eigenvalue weighted by Crippen LogP contribution is -2.23. The standard InChI is InChI=1S/C14H22F2.C7H16.C5H11Cl.C3H8/c1-10(11-2-6-13(15)7-3-11)12-4-8-14(16)9-5-12;1-3-5-7-6-4-2;1-2-3-4-5-6;1-3-2/h11-14H,1-9H2;3-7H2,1-2H3;2-5H2,1H3;3H2,1-2H3. The van der Waals surface area contributed by atoms with Crippen molar-refractivity contribution in [1.82, 2.24) is 0 Å². The average Bonchev–Trinajstić information content (AvgIpc) is 2.80. The second-order valence-corrected chi connectivity index (χ2v) is 10.0. The van der Waals surface area contributed by atoms with Crippen molar-refractivity contribution < 1.29 is 8.78 Å². The van der Waals surface area contributed by atoms with Crippen LogP contribution in [0.25, 0.3) is 0 Å². The van der Waals surface area contributed by atoms with E-state index in [2.05, 4.69) is 41.2 Å².